The minimum absolute atomic E-state index is 0.154. The summed E-state index contributed by atoms with van der Waals surface area (Å²) >= 11 is 1.09. The lowest BCUT2D eigenvalue weighted by Crippen LogP contribution is -2.27. The van der Waals surface area contributed by atoms with E-state index in [-0.39, 0.29) is 18.0 Å². The van der Waals surface area contributed by atoms with Crippen molar-refractivity contribution in [3.05, 3.63) is 71.3 Å². The zero-order valence-corrected chi connectivity index (χ0v) is 15.8. The zero-order valence-electron chi connectivity index (χ0n) is 15.0. The molecule has 0 radical (unpaired) electrons. The van der Waals surface area contributed by atoms with E-state index in [0.29, 0.717) is 27.3 Å². The summed E-state index contributed by atoms with van der Waals surface area (Å²) in [6.07, 6.45) is 1.38. The molecule has 4 rings (SSSR count). The van der Waals surface area contributed by atoms with Crippen LogP contribution >= 0.6 is 11.5 Å². The molecule has 0 atom stereocenters. The summed E-state index contributed by atoms with van der Waals surface area (Å²) in [4.78, 5) is 29.5. The Morgan fingerprint density at radius 3 is 2.68 bits per heavy atom. The summed E-state index contributed by atoms with van der Waals surface area (Å²) in [6.45, 7) is -0.154. The van der Waals surface area contributed by atoms with E-state index in [2.05, 4.69) is 14.7 Å². The van der Waals surface area contributed by atoms with Crippen LogP contribution < -0.4 is 15.6 Å². The highest BCUT2D eigenvalue weighted by molar-refractivity contribution is 7.13. The molecular weight excluding hydrogens is 376 g/mol. The summed E-state index contributed by atoms with van der Waals surface area (Å²) in [5, 5.41) is 2.75. The summed E-state index contributed by atoms with van der Waals surface area (Å²) in [7, 11) is 1.53. The highest BCUT2D eigenvalue weighted by Crippen LogP contribution is 2.27. The van der Waals surface area contributed by atoms with Crippen LogP contribution in [-0.2, 0) is 11.3 Å². The molecule has 0 saturated heterocycles. The predicted molar refractivity (Wildman–Crippen MR) is 109 cm³/mol. The second-order valence-corrected chi connectivity index (χ2v) is 6.77. The van der Waals surface area contributed by atoms with Gasteiger partial charge in [0, 0.05) is 5.56 Å². The molecule has 2 aromatic carbocycles. The molecule has 1 amide bonds. The van der Waals surface area contributed by atoms with Crippen LogP contribution in [0, 0.1) is 0 Å². The van der Waals surface area contributed by atoms with E-state index in [4.69, 9.17) is 4.74 Å². The molecule has 4 aromatic rings. The Bertz CT molecular complexity index is 1200. The fourth-order valence-corrected chi connectivity index (χ4v) is 3.65. The van der Waals surface area contributed by atoms with E-state index < -0.39 is 0 Å². The first kappa shape index (κ1) is 17.9. The van der Waals surface area contributed by atoms with Crippen molar-refractivity contribution in [2.24, 2.45) is 0 Å². The standard InChI is InChI=1S/C20H16N4O3S/c1-27-15-10-6-5-9-14(15)22-16(25)11-24-12-21-18-17(13-7-3-2-4-8-13)23-28-19(18)20(24)26/h2-10,12H,11H2,1H3,(H,22,25). The van der Waals surface area contributed by atoms with Crippen LogP contribution in [0.4, 0.5) is 5.69 Å². The number of anilines is 1. The lowest BCUT2D eigenvalue weighted by molar-refractivity contribution is -0.116. The van der Waals surface area contributed by atoms with E-state index >= 15 is 0 Å². The number of hydrogen-bond acceptors (Lipinski definition) is 6. The van der Waals surface area contributed by atoms with Crippen molar-refractivity contribution in [1.82, 2.24) is 13.9 Å². The number of carbonyl (C=O) groups is 1. The molecule has 0 aliphatic heterocycles. The lowest BCUT2D eigenvalue weighted by Gasteiger charge is -2.10. The van der Waals surface area contributed by atoms with E-state index in [9.17, 15) is 9.59 Å². The van der Waals surface area contributed by atoms with E-state index in [1.807, 2.05) is 36.4 Å². The summed E-state index contributed by atoms with van der Waals surface area (Å²) < 4.78 is 11.3. The molecule has 8 heteroatoms. The Hall–Kier alpha value is -3.52. The second-order valence-electron chi connectivity index (χ2n) is 6.00. The van der Waals surface area contributed by atoms with Crippen LogP contribution in [0.5, 0.6) is 5.75 Å². The van der Waals surface area contributed by atoms with Gasteiger partial charge in [-0.2, -0.15) is 4.37 Å². The van der Waals surface area contributed by atoms with Gasteiger partial charge >= 0.3 is 0 Å². The Morgan fingerprint density at radius 1 is 1.14 bits per heavy atom. The van der Waals surface area contributed by atoms with Crippen LogP contribution in [-0.4, -0.2) is 26.9 Å². The van der Waals surface area contributed by atoms with Crippen LogP contribution in [0.15, 0.2) is 65.7 Å². The third kappa shape index (κ3) is 3.37. The number of nitrogens with zero attached hydrogens (tertiary/aromatic N) is 3. The fourth-order valence-electron chi connectivity index (χ4n) is 2.85. The van der Waals surface area contributed by atoms with Gasteiger partial charge in [0.1, 0.15) is 28.2 Å². The molecule has 0 bridgehead atoms. The lowest BCUT2D eigenvalue weighted by atomic mass is 10.1. The van der Waals surface area contributed by atoms with Gasteiger partial charge in [0.05, 0.1) is 19.1 Å². The number of methoxy groups -OCH3 is 1. The molecule has 0 saturated carbocycles. The number of aromatic nitrogens is 3. The predicted octanol–water partition coefficient (Wildman–Crippen LogP) is 3.17. The number of carbonyl (C=O) groups excluding carboxylic acids is 1. The molecule has 7 nitrogen and oxygen atoms in total. The van der Waals surface area contributed by atoms with Gasteiger partial charge in [0.2, 0.25) is 5.91 Å². The molecule has 140 valence electrons. The van der Waals surface area contributed by atoms with Gasteiger partial charge in [-0.3, -0.25) is 14.2 Å². The second kappa shape index (κ2) is 7.61. The Balaban J connectivity index is 1.61. The number of amides is 1. The SMILES string of the molecule is COc1ccccc1NC(=O)Cn1cnc2c(-c3ccccc3)nsc2c1=O. The number of ether oxygens (including phenoxy) is 1. The average molecular weight is 392 g/mol. The molecule has 0 aliphatic rings. The molecule has 0 spiro atoms. The van der Waals surface area contributed by atoms with Gasteiger partial charge in [-0.05, 0) is 23.7 Å². The third-order valence-electron chi connectivity index (χ3n) is 4.19. The molecule has 0 fully saturated rings. The molecule has 28 heavy (non-hydrogen) atoms. The largest absolute Gasteiger partial charge is 0.495 e. The minimum Gasteiger partial charge on any atom is -0.495 e. The molecular formula is C20H16N4O3S. The van der Waals surface area contributed by atoms with Gasteiger partial charge in [-0.25, -0.2) is 4.98 Å². The smallest absolute Gasteiger partial charge is 0.273 e. The van der Waals surface area contributed by atoms with Gasteiger partial charge in [-0.1, -0.05) is 42.5 Å². The van der Waals surface area contributed by atoms with Crippen molar-refractivity contribution < 1.29 is 9.53 Å². The number of nitrogens with one attached hydrogen (secondary N) is 1. The molecule has 2 heterocycles. The minimum atomic E-state index is -0.347. The van der Waals surface area contributed by atoms with Gasteiger partial charge in [-0.15, -0.1) is 0 Å². The number of para-hydroxylation sites is 2. The van der Waals surface area contributed by atoms with E-state index in [1.54, 1.807) is 18.2 Å². The van der Waals surface area contributed by atoms with Crippen molar-refractivity contribution in [2.75, 3.05) is 12.4 Å². The number of fused-ring (bicyclic) bond motifs is 1. The Labute approximate surface area is 164 Å². The maximum absolute atomic E-state index is 12.8. The van der Waals surface area contributed by atoms with Crippen molar-refractivity contribution in [2.45, 2.75) is 6.54 Å². The summed E-state index contributed by atoms with van der Waals surface area (Å²) in [5.74, 6) is 0.201. The van der Waals surface area contributed by atoms with Crippen LogP contribution in [0.25, 0.3) is 21.5 Å². The third-order valence-corrected chi connectivity index (χ3v) is 5.02. The topological polar surface area (TPSA) is 86.1 Å². The summed E-state index contributed by atoms with van der Waals surface area (Å²) in [5.41, 5.74) is 2.36. The van der Waals surface area contributed by atoms with Crippen molar-refractivity contribution in [3.8, 4) is 17.0 Å². The normalized spacial score (nSPS) is 10.8. The molecule has 1 N–H and O–H groups in total. The highest BCUT2D eigenvalue weighted by Gasteiger charge is 2.16. The van der Waals surface area contributed by atoms with Gasteiger partial charge in [0.25, 0.3) is 5.56 Å². The number of benzene rings is 2. The molecule has 2 aromatic heterocycles. The van der Waals surface area contributed by atoms with Crippen molar-refractivity contribution >= 4 is 33.3 Å². The van der Waals surface area contributed by atoms with Crippen LogP contribution in [0.1, 0.15) is 0 Å². The monoisotopic (exact) mass is 392 g/mol. The van der Waals surface area contributed by atoms with Crippen LogP contribution in [0.3, 0.4) is 0 Å². The van der Waals surface area contributed by atoms with Crippen LogP contribution in [0.2, 0.25) is 0 Å². The molecule has 0 aliphatic carbocycles. The Morgan fingerprint density at radius 2 is 1.89 bits per heavy atom. The van der Waals surface area contributed by atoms with E-state index in [0.717, 1.165) is 17.1 Å². The first-order valence-corrected chi connectivity index (χ1v) is 9.28. The van der Waals surface area contributed by atoms with Crippen molar-refractivity contribution in [1.29, 1.82) is 0 Å². The quantitative estimate of drug-likeness (QED) is 0.564. The first-order chi connectivity index (χ1) is 13.7. The fraction of sp³-hybridized carbons (Fsp3) is 0.100. The van der Waals surface area contributed by atoms with E-state index in [1.165, 1.54) is 18.0 Å². The maximum atomic E-state index is 12.8. The van der Waals surface area contributed by atoms with Gasteiger partial charge < -0.3 is 10.1 Å². The summed E-state index contributed by atoms with van der Waals surface area (Å²) in [6, 6.07) is 16.6. The first-order valence-electron chi connectivity index (χ1n) is 8.50. The maximum Gasteiger partial charge on any atom is 0.273 e. The Kier molecular flexibility index (Phi) is 4.86. The zero-order chi connectivity index (χ0) is 19.5. The number of hydrogen-bond donors (Lipinski definition) is 1. The van der Waals surface area contributed by atoms with Crippen molar-refractivity contribution in [3.63, 3.8) is 0 Å². The van der Waals surface area contributed by atoms with Gasteiger partial charge in [0.15, 0.2) is 0 Å². The molecule has 0 unspecified atom stereocenters. The average Bonchev–Trinajstić information content (AvgIpc) is 3.16. The highest BCUT2D eigenvalue weighted by atomic mass is 32.1. The number of rotatable bonds is 5.